The van der Waals surface area contributed by atoms with Crippen molar-refractivity contribution >= 4 is 34.9 Å². The monoisotopic (exact) mass is 309 g/mol. The van der Waals surface area contributed by atoms with Gasteiger partial charge in [0.2, 0.25) is 0 Å². The number of carboxylic acid groups (broad SMARTS) is 1. The van der Waals surface area contributed by atoms with Crippen LogP contribution < -0.4 is 5.32 Å². The SMILES string of the molecule is O=C(O)Cc1ccccc1CNc1cc(Cl)ccc1Cl. The minimum atomic E-state index is -0.849. The Morgan fingerprint density at radius 1 is 1.10 bits per heavy atom. The molecule has 0 atom stereocenters. The van der Waals surface area contributed by atoms with Gasteiger partial charge in [0.05, 0.1) is 17.1 Å². The third kappa shape index (κ3) is 3.89. The maximum atomic E-state index is 10.8. The van der Waals surface area contributed by atoms with Gasteiger partial charge >= 0.3 is 5.97 Å². The summed E-state index contributed by atoms with van der Waals surface area (Å²) < 4.78 is 0. The second-order valence-corrected chi connectivity index (χ2v) is 5.16. The molecule has 0 aliphatic rings. The van der Waals surface area contributed by atoms with E-state index in [-0.39, 0.29) is 6.42 Å². The molecule has 2 aromatic carbocycles. The van der Waals surface area contributed by atoms with Crippen LogP contribution in [0.4, 0.5) is 5.69 Å². The normalized spacial score (nSPS) is 10.3. The van der Waals surface area contributed by atoms with Crippen molar-refractivity contribution in [3.05, 3.63) is 63.6 Å². The summed E-state index contributed by atoms with van der Waals surface area (Å²) in [5.41, 5.74) is 2.43. The highest BCUT2D eigenvalue weighted by Gasteiger charge is 2.07. The standard InChI is InChI=1S/C15H13Cl2NO2/c16-12-5-6-13(17)14(8-12)18-9-11-4-2-1-3-10(11)7-15(19)20/h1-6,8,18H,7,9H2,(H,19,20). The molecule has 2 N–H and O–H groups in total. The fourth-order valence-corrected chi connectivity index (χ4v) is 2.25. The van der Waals surface area contributed by atoms with Crippen LogP contribution in [0.5, 0.6) is 0 Å². The average molecular weight is 310 g/mol. The predicted molar refractivity (Wildman–Crippen MR) is 81.6 cm³/mol. The van der Waals surface area contributed by atoms with Gasteiger partial charge < -0.3 is 10.4 Å². The van der Waals surface area contributed by atoms with Gasteiger partial charge in [0.1, 0.15) is 0 Å². The van der Waals surface area contributed by atoms with E-state index < -0.39 is 5.97 Å². The van der Waals surface area contributed by atoms with Crippen molar-refractivity contribution in [1.29, 1.82) is 0 Å². The number of carbonyl (C=O) groups is 1. The average Bonchev–Trinajstić information content (AvgIpc) is 2.41. The lowest BCUT2D eigenvalue weighted by atomic mass is 10.0. The number of nitrogens with one attached hydrogen (secondary N) is 1. The van der Waals surface area contributed by atoms with Gasteiger partial charge in [-0.25, -0.2) is 0 Å². The smallest absolute Gasteiger partial charge is 0.307 e. The van der Waals surface area contributed by atoms with Crippen molar-refractivity contribution in [2.75, 3.05) is 5.32 Å². The molecule has 5 heteroatoms. The summed E-state index contributed by atoms with van der Waals surface area (Å²) in [6.07, 6.45) is 0.00112. The fourth-order valence-electron chi connectivity index (χ4n) is 1.89. The Balaban J connectivity index is 2.14. The van der Waals surface area contributed by atoms with E-state index in [1.165, 1.54) is 0 Å². The largest absolute Gasteiger partial charge is 0.481 e. The molecule has 0 heterocycles. The Labute approximate surface area is 127 Å². The van der Waals surface area contributed by atoms with Crippen molar-refractivity contribution in [2.45, 2.75) is 13.0 Å². The van der Waals surface area contributed by atoms with E-state index in [1.807, 2.05) is 24.3 Å². The molecule has 20 heavy (non-hydrogen) atoms. The fraction of sp³-hybridized carbons (Fsp3) is 0.133. The zero-order valence-corrected chi connectivity index (χ0v) is 12.1. The van der Waals surface area contributed by atoms with Gasteiger partial charge in [-0.3, -0.25) is 4.79 Å². The van der Waals surface area contributed by atoms with E-state index in [1.54, 1.807) is 18.2 Å². The van der Waals surface area contributed by atoms with Gasteiger partial charge in [-0.2, -0.15) is 0 Å². The molecule has 2 rings (SSSR count). The molecule has 0 amide bonds. The lowest BCUT2D eigenvalue weighted by Crippen LogP contribution is -2.07. The van der Waals surface area contributed by atoms with E-state index in [0.29, 0.717) is 16.6 Å². The van der Waals surface area contributed by atoms with Crippen molar-refractivity contribution < 1.29 is 9.90 Å². The molecule has 0 bridgehead atoms. The third-order valence-corrected chi connectivity index (χ3v) is 3.42. The van der Waals surface area contributed by atoms with Gasteiger partial charge in [-0.15, -0.1) is 0 Å². The number of aliphatic carboxylic acids is 1. The second-order valence-electron chi connectivity index (χ2n) is 4.32. The van der Waals surface area contributed by atoms with Gasteiger partial charge in [-0.1, -0.05) is 47.5 Å². The summed E-state index contributed by atoms with van der Waals surface area (Å²) >= 11 is 12.0. The van der Waals surface area contributed by atoms with Crippen molar-refractivity contribution in [3.63, 3.8) is 0 Å². The maximum absolute atomic E-state index is 10.8. The van der Waals surface area contributed by atoms with Crippen LogP contribution in [0.1, 0.15) is 11.1 Å². The van der Waals surface area contributed by atoms with E-state index >= 15 is 0 Å². The maximum Gasteiger partial charge on any atom is 0.307 e. The highest BCUT2D eigenvalue weighted by Crippen LogP contribution is 2.26. The van der Waals surface area contributed by atoms with Crippen LogP contribution in [-0.4, -0.2) is 11.1 Å². The van der Waals surface area contributed by atoms with Gasteiger partial charge in [-0.05, 0) is 29.3 Å². The summed E-state index contributed by atoms with van der Waals surface area (Å²) in [5, 5.41) is 13.2. The van der Waals surface area contributed by atoms with Gasteiger partial charge in [0, 0.05) is 11.6 Å². The number of hydrogen-bond acceptors (Lipinski definition) is 2. The van der Waals surface area contributed by atoms with Crippen LogP contribution in [0, 0.1) is 0 Å². The summed E-state index contributed by atoms with van der Waals surface area (Å²) in [6.45, 7) is 0.490. The quantitative estimate of drug-likeness (QED) is 0.869. The molecule has 0 aromatic heterocycles. The lowest BCUT2D eigenvalue weighted by molar-refractivity contribution is -0.136. The predicted octanol–water partition coefficient (Wildman–Crippen LogP) is 4.23. The number of halogens is 2. The number of carboxylic acids is 1. The topological polar surface area (TPSA) is 49.3 Å². The van der Waals surface area contributed by atoms with Gasteiger partial charge in [0.25, 0.3) is 0 Å². The molecule has 3 nitrogen and oxygen atoms in total. The van der Waals surface area contributed by atoms with Crippen LogP contribution in [0.2, 0.25) is 10.0 Å². The molecule has 2 aromatic rings. The van der Waals surface area contributed by atoms with Crippen molar-refractivity contribution in [1.82, 2.24) is 0 Å². The van der Waals surface area contributed by atoms with Crippen LogP contribution in [0.25, 0.3) is 0 Å². The highest BCUT2D eigenvalue weighted by atomic mass is 35.5. The summed E-state index contributed by atoms with van der Waals surface area (Å²) in [4.78, 5) is 10.8. The van der Waals surface area contributed by atoms with E-state index in [0.717, 1.165) is 16.8 Å². The van der Waals surface area contributed by atoms with E-state index in [2.05, 4.69) is 5.32 Å². The van der Waals surface area contributed by atoms with Crippen LogP contribution in [0.3, 0.4) is 0 Å². The molecule has 0 radical (unpaired) electrons. The number of anilines is 1. The second kappa shape index (κ2) is 6.64. The molecule has 0 aliphatic heterocycles. The Bertz CT molecular complexity index is 629. The molecular weight excluding hydrogens is 297 g/mol. The first-order chi connectivity index (χ1) is 9.56. The first-order valence-corrected chi connectivity index (χ1v) is 6.79. The summed E-state index contributed by atoms with van der Waals surface area (Å²) in [5.74, 6) is -0.849. The first kappa shape index (κ1) is 14.7. The molecule has 0 unspecified atom stereocenters. The number of benzene rings is 2. The summed E-state index contributed by atoms with van der Waals surface area (Å²) in [7, 11) is 0. The van der Waals surface area contributed by atoms with E-state index in [9.17, 15) is 4.79 Å². The molecule has 0 aliphatic carbocycles. The molecule has 0 spiro atoms. The minimum Gasteiger partial charge on any atom is -0.481 e. The highest BCUT2D eigenvalue weighted by molar-refractivity contribution is 6.35. The Morgan fingerprint density at radius 3 is 2.50 bits per heavy atom. The Kier molecular flexibility index (Phi) is 4.88. The number of hydrogen-bond donors (Lipinski definition) is 2. The van der Waals surface area contributed by atoms with Crippen LogP contribution in [-0.2, 0) is 17.8 Å². The number of rotatable bonds is 5. The van der Waals surface area contributed by atoms with Gasteiger partial charge in [0.15, 0.2) is 0 Å². The zero-order valence-electron chi connectivity index (χ0n) is 10.6. The minimum absolute atomic E-state index is 0.00112. The lowest BCUT2D eigenvalue weighted by Gasteiger charge is -2.11. The van der Waals surface area contributed by atoms with Crippen LogP contribution in [0.15, 0.2) is 42.5 Å². The zero-order chi connectivity index (χ0) is 14.5. The third-order valence-electron chi connectivity index (χ3n) is 2.86. The van der Waals surface area contributed by atoms with Crippen molar-refractivity contribution in [2.24, 2.45) is 0 Å². The first-order valence-electron chi connectivity index (χ1n) is 6.04. The van der Waals surface area contributed by atoms with Crippen molar-refractivity contribution in [3.8, 4) is 0 Å². The molecule has 0 saturated heterocycles. The van der Waals surface area contributed by atoms with Crippen LogP contribution >= 0.6 is 23.2 Å². The Morgan fingerprint density at radius 2 is 1.80 bits per heavy atom. The molecular formula is C15H13Cl2NO2. The summed E-state index contributed by atoms with van der Waals surface area (Å²) in [6, 6.07) is 12.6. The molecule has 0 fully saturated rings. The molecule has 104 valence electrons. The van der Waals surface area contributed by atoms with E-state index in [4.69, 9.17) is 28.3 Å². The molecule has 0 saturated carbocycles. The Hall–Kier alpha value is -1.71.